The van der Waals surface area contributed by atoms with Crippen molar-refractivity contribution in [3.63, 3.8) is 0 Å². The van der Waals surface area contributed by atoms with Gasteiger partial charge in [0.1, 0.15) is 0 Å². The summed E-state index contributed by atoms with van der Waals surface area (Å²) in [6, 6.07) is 17.8. The van der Waals surface area contributed by atoms with E-state index in [1.54, 1.807) is 0 Å². The summed E-state index contributed by atoms with van der Waals surface area (Å²) >= 11 is 0. The van der Waals surface area contributed by atoms with E-state index in [-0.39, 0.29) is 0 Å². The monoisotopic (exact) mass is 330 g/mol. The number of fused-ring (bicyclic) bond motifs is 1. The Hall–Kier alpha value is -2.35. The second-order valence-electron chi connectivity index (χ2n) is 7.28. The van der Waals surface area contributed by atoms with Gasteiger partial charge in [0.25, 0.3) is 0 Å². The smallest absolute Gasteiger partial charge is 0.0636 e. The summed E-state index contributed by atoms with van der Waals surface area (Å²) in [5.74, 6) is 0. The topological polar surface area (TPSA) is 17.3 Å². The number of benzene rings is 2. The van der Waals surface area contributed by atoms with Crippen molar-refractivity contribution >= 4 is 22.7 Å². The molecule has 0 aliphatic heterocycles. The van der Waals surface area contributed by atoms with Gasteiger partial charge in [0.15, 0.2) is 0 Å². The number of hydrogen-bond acceptors (Lipinski definition) is 1. The quantitative estimate of drug-likeness (QED) is 0.487. The van der Waals surface area contributed by atoms with Crippen LogP contribution in [0.15, 0.2) is 53.5 Å². The molecule has 1 aliphatic rings. The van der Waals surface area contributed by atoms with Gasteiger partial charge in [0.2, 0.25) is 0 Å². The molecule has 128 valence electrons. The molecule has 0 atom stereocenters. The summed E-state index contributed by atoms with van der Waals surface area (Å²) < 4.78 is 2.54. The number of nitrogens with zero attached hydrogens (tertiary/aromatic N) is 2. The molecule has 0 unspecified atom stereocenters. The third-order valence-electron chi connectivity index (χ3n) is 5.55. The Balaban J connectivity index is 1.62. The first-order chi connectivity index (χ1) is 12.2. The largest absolute Gasteiger partial charge is 0.345 e. The highest BCUT2D eigenvalue weighted by molar-refractivity contribution is 5.88. The van der Waals surface area contributed by atoms with E-state index in [9.17, 15) is 0 Å². The standard InChI is InChI=1S/C23H26N2/c1-17-14-21(18(2)25(17)23-10-4-3-5-11-23)16-24-22-13-12-19-8-6-7-9-20(19)15-22/h6-9,12-16,23H,3-5,10-11H2,1-2H3. The van der Waals surface area contributed by atoms with Crippen LogP contribution in [-0.2, 0) is 0 Å². The molecule has 2 heteroatoms. The average molecular weight is 330 g/mol. The number of rotatable bonds is 3. The van der Waals surface area contributed by atoms with Gasteiger partial charge in [-0.15, -0.1) is 0 Å². The fraction of sp³-hybridized carbons (Fsp3) is 0.348. The second-order valence-corrected chi connectivity index (χ2v) is 7.28. The van der Waals surface area contributed by atoms with E-state index in [1.807, 2.05) is 6.21 Å². The lowest BCUT2D eigenvalue weighted by molar-refractivity contribution is 0.346. The van der Waals surface area contributed by atoms with Crippen molar-refractivity contribution in [2.45, 2.75) is 52.0 Å². The Labute approximate surface area is 150 Å². The van der Waals surface area contributed by atoms with Gasteiger partial charge in [-0.25, -0.2) is 0 Å². The average Bonchev–Trinajstić information content (AvgIpc) is 2.94. The molecular formula is C23H26N2. The fourth-order valence-electron chi connectivity index (χ4n) is 4.24. The van der Waals surface area contributed by atoms with Gasteiger partial charge >= 0.3 is 0 Å². The first-order valence-corrected chi connectivity index (χ1v) is 9.44. The maximum Gasteiger partial charge on any atom is 0.0636 e. The van der Waals surface area contributed by atoms with Crippen molar-refractivity contribution in [3.8, 4) is 0 Å². The van der Waals surface area contributed by atoms with Crippen molar-refractivity contribution < 1.29 is 0 Å². The molecule has 0 spiro atoms. The molecule has 1 saturated carbocycles. The summed E-state index contributed by atoms with van der Waals surface area (Å²) in [7, 11) is 0. The van der Waals surface area contributed by atoms with Crippen LogP contribution in [0.4, 0.5) is 5.69 Å². The maximum absolute atomic E-state index is 4.75. The van der Waals surface area contributed by atoms with Crippen LogP contribution in [0.3, 0.4) is 0 Å². The molecule has 0 radical (unpaired) electrons. The van der Waals surface area contributed by atoms with Crippen LogP contribution >= 0.6 is 0 Å². The SMILES string of the molecule is Cc1cc(C=Nc2ccc3ccccc3c2)c(C)n1C1CCCCC1. The molecule has 1 aromatic heterocycles. The molecule has 0 N–H and O–H groups in total. The zero-order valence-electron chi connectivity index (χ0n) is 15.2. The Bertz CT molecular complexity index is 911. The molecule has 3 aromatic rings. The molecule has 1 heterocycles. The predicted molar refractivity (Wildman–Crippen MR) is 107 cm³/mol. The highest BCUT2D eigenvalue weighted by Crippen LogP contribution is 2.32. The minimum atomic E-state index is 0.677. The first-order valence-electron chi connectivity index (χ1n) is 9.44. The number of aromatic nitrogens is 1. The first kappa shape index (κ1) is 16.1. The number of hydrogen-bond donors (Lipinski definition) is 0. The molecular weight excluding hydrogens is 304 g/mol. The Morgan fingerprint density at radius 3 is 2.48 bits per heavy atom. The van der Waals surface area contributed by atoms with Crippen LogP contribution in [-0.4, -0.2) is 10.8 Å². The number of aryl methyl sites for hydroxylation is 1. The molecule has 2 aromatic carbocycles. The molecule has 0 bridgehead atoms. The maximum atomic E-state index is 4.75. The summed E-state index contributed by atoms with van der Waals surface area (Å²) in [5, 5.41) is 2.50. The minimum absolute atomic E-state index is 0.677. The molecule has 2 nitrogen and oxygen atoms in total. The van der Waals surface area contributed by atoms with E-state index in [2.05, 4.69) is 66.9 Å². The summed E-state index contributed by atoms with van der Waals surface area (Å²) in [6.45, 7) is 4.47. The van der Waals surface area contributed by atoms with Crippen LogP contribution < -0.4 is 0 Å². The van der Waals surface area contributed by atoms with Gasteiger partial charge in [0.05, 0.1) is 5.69 Å². The summed E-state index contributed by atoms with van der Waals surface area (Å²) in [5.41, 5.74) is 4.98. The molecule has 0 amide bonds. The third-order valence-corrected chi connectivity index (χ3v) is 5.55. The Morgan fingerprint density at radius 1 is 0.920 bits per heavy atom. The van der Waals surface area contributed by atoms with Gasteiger partial charge in [-0.05, 0) is 55.7 Å². The van der Waals surface area contributed by atoms with Crippen molar-refractivity contribution in [1.29, 1.82) is 0 Å². The van der Waals surface area contributed by atoms with Gasteiger partial charge in [-0.3, -0.25) is 4.99 Å². The van der Waals surface area contributed by atoms with E-state index in [4.69, 9.17) is 4.99 Å². The minimum Gasteiger partial charge on any atom is -0.345 e. The predicted octanol–water partition coefficient (Wildman–Crippen LogP) is 6.51. The van der Waals surface area contributed by atoms with E-state index in [0.717, 1.165) is 5.69 Å². The van der Waals surface area contributed by atoms with Gasteiger partial charge in [-0.1, -0.05) is 49.6 Å². The molecule has 1 fully saturated rings. The zero-order valence-corrected chi connectivity index (χ0v) is 15.2. The zero-order chi connectivity index (χ0) is 17.2. The molecule has 1 aliphatic carbocycles. The lowest BCUT2D eigenvalue weighted by Gasteiger charge is -2.26. The normalized spacial score (nSPS) is 16.1. The molecule has 0 saturated heterocycles. The van der Waals surface area contributed by atoms with Gasteiger partial charge in [0, 0.05) is 29.2 Å². The lowest BCUT2D eigenvalue weighted by Crippen LogP contribution is -2.15. The summed E-state index contributed by atoms with van der Waals surface area (Å²) in [6.07, 6.45) is 8.79. The molecule has 4 rings (SSSR count). The highest BCUT2D eigenvalue weighted by Gasteiger charge is 2.19. The van der Waals surface area contributed by atoms with Crippen molar-refractivity contribution in [2.24, 2.45) is 4.99 Å². The van der Waals surface area contributed by atoms with Crippen molar-refractivity contribution in [3.05, 3.63) is 65.5 Å². The Morgan fingerprint density at radius 2 is 1.68 bits per heavy atom. The van der Waals surface area contributed by atoms with E-state index in [0.29, 0.717) is 6.04 Å². The fourth-order valence-corrected chi connectivity index (χ4v) is 4.24. The highest BCUT2D eigenvalue weighted by atomic mass is 15.0. The van der Waals surface area contributed by atoms with E-state index < -0.39 is 0 Å². The van der Waals surface area contributed by atoms with E-state index >= 15 is 0 Å². The van der Waals surface area contributed by atoms with Crippen LogP contribution in [0.25, 0.3) is 10.8 Å². The lowest BCUT2D eigenvalue weighted by atomic mass is 9.95. The van der Waals surface area contributed by atoms with Crippen LogP contribution in [0.2, 0.25) is 0 Å². The van der Waals surface area contributed by atoms with Crippen LogP contribution in [0.1, 0.15) is 55.1 Å². The van der Waals surface area contributed by atoms with Crippen LogP contribution in [0, 0.1) is 13.8 Å². The van der Waals surface area contributed by atoms with Crippen molar-refractivity contribution in [2.75, 3.05) is 0 Å². The molecule has 25 heavy (non-hydrogen) atoms. The van der Waals surface area contributed by atoms with Crippen LogP contribution in [0.5, 0.6) is 0 Å². The third kappa shape index (κ3) is 3.26. The van der Waals surface area contributed by atoms with Gasteiger partial charge < -0.3 is 4.57 Å². The van der Waals surface area contributed by atoms with Crippen molar-refractivity contribution in [1.82, 2.24) is 4.57 Å². The number of aliphatic imine (C=N–C) groups is 1. The Kier molecular flexibility index (Phi) is 4.44. The van der Waals surface area contributed by atoms with Gasteiger partial charge in [-0.2, -0.15) is 0 Å². The second kappa shape index (κ2) is 6.87. The van der Waals surface area contributed by atoms with E-state index in [1.165, 1.54) is 59.8 Å². The summed E-state index contributed by atoms with van der Waals surface area (Å²) in [4.78, 5) is 4.75.